The van der Waals surface area contributed by atoms with Gasteiger partial charge in [-0.3, -0.25) is 9.59 Å². The lowest BCUT2D eigenvalue weighted by molar-refractivity contribution is -0.136. The highest BCUT2D eigenvalue weighted by Gasteiger charge is 2.13. The molecule has 2 aromatic rings. The minimum Gasteiger partial charge on any atom is -0.508 e. The van der Waals surface area contributed by atoms with Crippen LogP contribution in [0.2, 0.25) is 0 Å². The van der Waals surface area contributed by atoms with E-state index in [1.807, 2.05) is 12.3 Å². The number of ether oxygens (including phenoxy) is 1. The number of phenolic OH excluding ortho intramolecular Hbond substituents is 2. The van der Waals surface area contributed by atoms with Gasteiger partial charge in [0, 0.05) is 17.3 Å². The van der Waals surface area contributed by atoms with Gasteiger partial charge in [-0.05, 0) is 43.3 Å². The summed E-state index contributed by atoms with van der Waals surface area (Å²) in [5.74, 6) is -1.52. The molecule has 0 bridgehead atoms. The number of phenols is 2. The molecule has 8 nitrogen and oxygen atoms in total. The second-order valence-corrected chi connectivity index (χ2v) is 4.85. The van der Waals surface area contributed by atoms with Crippen LogP contribution in [0.15, 0.2) is 47.6 Å². The molecule has 0 saturated carbocycles. The zero-order valence-electron chi connectivity index (χ0n) is 13.4. The van der Waals surface area contributed by atoms with Crippen LogP contribution in [-0.2, 0) is 9.59 Å². The summed E-state index contributed by atoms with van der Waals surface area (Å²) in [6.07, 6.45) is 1.15. The monoisotopic (exact) mass is 343 g/mol. The number of rotatable bonds is 5. The van der Waals surface area contributed by atoms with E-state index in [0.717, 1.165) is 12.3 Å². The van der Waals surface area contributed by atoms with E-state index in [0.29, 0.717) is 18.0 Å². The highest BCUT2D eigenvalue weighted by atomic mass is 16.5. The molecular weight excluding hydrogens is 326 g/mol. The molecule has 130 valence electrons. The Balaban J connectivity index is 1.89. The molecule has 0 aromatic heterocycles. The lowest BCUT2D eigenvalue weighted by atomic mass is 10.2. The van der Waals surface area contributed by atoms with Gasteiger partial charge in [-0.1, -0.05) is 0 Å². The number of aromatic hydroxyl groups is 2. The Kier molecular flexibility index (Phi) is 5.94. The number of carbonyl (C=O) groups excluding carboxylic acids is 2. The molecule has 0 aliphatic heterocycles. The Morgan fingerprint density at radius 1 is 1.12 bits per heavy atom. The molecule has 2 aromatic carbocycles. The standard InChI is InChI=1S/C17H17N3O5/c1-2-25-14-7-4-12(5-8-14)19-16(23)17(24)20-18-10-11-3-6-13(21)9-15(11)22/h3-10,21-22H,2H2,1H3,(H,19,23)(H,20,24)/b18-10+. The number of amides is 2. The quantitative estimate of drug-likeness (QED) is 0.373. The van der Waals surface area contributed by atoms with E-state index in [9.17, 15) is 19.8 Å². The fourth-order valence-corrected chi connectivity index (χ4v) is 1.84. The number of nitrogens with one attached hydrogen (secondary N) is 2. The summed E-state index contributed by atoms with van der Waals surface area (Å²) in [7, 11) is 0. The topological polar surface area (TPSA) is 120 Å². The van der Waals surface area contributed by atoms with Crippen molar-refractivity contribution in [2.75, 3.05) is 11.9 Å². The molecule has 0 aliphatic rings. The summed E-state index contributed by atoms with van der Waals surface area (Å²) < 4.78 is 5.28. The van der Waals surface area contributed by atoms with Crippen molar-refractivity contribution in [3.8, 4) is 17.2 Å². The largest absolute Gasteiger partial charge is 0.508 e. The first-order chi connectivity index (χ1) is 12.0. The number of anilines is 1. The fourth-order valence-electron chi connectivity index (χ4n) is 1.84. The molecule has 0 heterocycles. The van der Waals surface area contributed by atoms with Crippen molar-refractivity contribution in [1.82, 2.24) is 5.43 Å². The molecule has 4 N–H and O–H groups in total. The Morgan fingerprint density at radius 3 is 2.48 bits per heavy atom. The van der Waals surface area contributed by atoms with Crippen molar-refractivity contribution in [1.29, 1.82) is 0 Å². The molecule has 0 atom stereocenters. The highest BCUT2D eigenvalue weighted by Crippen LogP contribution is 2.20. The fraction of sp³-hybridized carbons (Fsp3) is 0.118. The molecule has 0 spiro atoms. The van der Waals surface area contributed by atoms with Crippen LogP contribution < -0.4 is 15.5 Å². The van der Waals surface area contributed by atoms with Gasteiger partial charge in [-0.2, -0.15) is 5.10 Å². The molecule has 0 fully saturated rings. The molecule has 25 heavy (non-hydrogen) atoms. The summed E-state index contributed by atoms with van der Waals surface area (Å²) in [4.78, 5) is 23.4. The van der Waals surface area contributed by atoms with E-state index in [1.165, 1.54) is 12.1 Å². The third-order valence-corrected chi connectivity index (χ3v) is 3.01. The van der Waals surface area contributed by atoms with Gasteiger partial charge in [0.1, 0.15) is 17.2 Å². The maximum atomic E-state index is 11.8. The number of carbonyl (C=O) groups is 2. The lowest BCUT2D eigenvalue weighted by Crippen LogP contribution is -2.32. The lowest BCUT2D eigenvalue weighted by Gasteiger charge is -2.06. The molecule has 0 radical (unpaired) electrons. The van der Waals surface area contributed by atoms with Crippen molar-refractivity contribution >= 4 is 23.7 Å². The van der Waals surface area contributed by atoms with Gasteiger partial charge < -0.3 is 20.3 Å². The number of benzene rings is 2. The third-order valence-electron chi connectivity index (χ3n) is 3.01. The summed E-state index contributed by atoms with van der Waals surface area (Å²) in [5.41, 5.74) is 2.75. The van der Waals surface area contributed by atoms with Crippen LogP contribution in [0, 0.1) is 0 Å². The van der Waals surface area contributed by atoms with Crippen LogP contribution in [0.3, 0.4) is 0 Å². The first kappa shape index (κ1) is 17.8. The van der Waals surface area contributed by atoms with Gasteiger partial charge >= 0.3 is 11.8 Å². The average Bonchev–Trinajstić information content (AvgIpc) is 2.58. The molecule has 0 unspecified atom stereocenters. The average molecular weight is 343 g/mol. The van der Waals surface area contributed by atoms with Crippen LogP contribution in [0.25, 0.3) is 0 Å². The highest BCUT2D eigenvalue weighted by molar-refractivity contribution is 6.39. The Bertz CT molecular complexity index is 787. The molecular formula is C17H17N3O5. The van der Waals surface area contributed by atoms with Crippen LogP contribution >= 0.6 is 0 Å². The number of hydrogen-bond acceptors (Lipinski definition) is 6. The van der Waals surface area contributed by atoms with Gasteiger partial charge in [0.15, 0.2) is 0 Å². The van der Waals surface area contributed by atoms with Crippen molar-refractivity contribution in [3.05, 3.63) is 48.0 Å². The SMILES string of the molecule is CCOc1ccc(NC(=O)C(=O)N/N=C/c2ccc(O)cc2O)cc1. The Morgan fingerprint density at radius 2 is 1.84 bits per heavy atom. The van der Waals surface area contributed by atoms with E-state index in [4.69, 9.17) is 4.74 Å². The molecule has 2 amide bonds. The van der Waals surface area contributed by atoms with Gasteiger partial charge in [0.2, 0.25) is 0 Å². The summed E-state index contributed by atoms with van der Waals surface area (Å²) in [6.45, 7) is 2.39. The number of hydrogen-bond donors (Lipinski definition) is 4. The second kappa shape index (κ2) is 8.34. The first-order valence-corrected chi connectivity index (χ1v) is 7.39. The summed E-state index contributed by atoms with van der Waals surface area (Å²) >= 11 is 0. The molecule has 0 aliphatic carbocycles. The van der Waals surface area contributed by atoms with Gasteiger partial charge in [-0.15, -0.1) is 0 Å². The second-order valence-electron chi connectivity index (χ2n) is 4.85. The van der Waals surface area contributed by atoms with Crippen LogP contribution in [0.5, 0.6) is 17.2 Å². The maximum Gasteiger partial charge on any atom is 0.329 e. The van der Waals surface area contributed by atoms with E-state index in [1.54, 1.807) is 24.3 Å². The van der Waals surface area contributed by atoms with Crippen LogP contribution in [0.1, 0.15) is 12.5 Å². The zero-order valence-corrected chi connectivity index (χ0v) is 13.4. The van der Waals surface area contributed by atoms with Crippen molar-refractivity contribution < 1.29 is 24.5 Å². The molecule has 8 heteroatoms. The molecule has 2 rings (SSSR count). The normalized spacial score (nSPS) is 10.4. The van der Waals surface area contributed by atoms with Crippen molar-refractivity contribution in [3.63, 3.8) is 0 Å². The molecule has 0 saturated heterocycles. The minimum atomic E-state index is -0.969. The predicted molar refractivity (Wildman–Crippen MR) is 91.7 cm³/mol. The van der Waals surface area contributed by atoms with Gasteiger partial charge in [-0.25, -0.2) is 5.43 Å². The first-order valence-electron chi connectivity index (χ1n) is 7.39. The smallest absolute Gasteiger partial charge is 0.329 e. The van der Waals surface area contributed by atoms with Gasteiger partial charge in [0.25, 0.3) is 0 Å². The van der Waals surface area contributed by atoms with E-state index in [2.05, 4.69) is 10.4 Å². The van der Waals surface area contributed by atoms with Gasteiger partial charge in [0.05, 0.1) is 12.8 Å². The number of hydrazone groups is 1. The third kappa shape index (κ3) is 5.24. The van der Waals surface area contributed by atoms with Crippen LogP contribution in [0.4, 0.5) is 5.69 Å². The summed E-state index contributed by atoms with van der Waals surface area (Å²) in [6, 6.07) is 10.4. The van der Waals surface area contributed by atoms with Crippen LogP contribution in [-0.4, -0.2) is 34.8 Å². The van der Waals surface area contributed by atoms with E-state index < -0.39 is 11.8 Å². The van der Waals surface area contributed by atoms with E-state index in [-0.39, 0.29) is 17.1 Å². The Labute approximate surface area is 143 Å². The minimum absolute atomic E-state index is 0.103. The summed E-state index contributed by atoms with van der Waals surface area (Å²) in [5, 5.41) is 24.7. The van der Waals surface area contributed by atoms with Crippen molar-refractivity contribution in [2.45, 2.75) is 6.92 Å². The predicted octanol–water partition coefficient (Wildman–Crippen LogP) is 1.59. The maximum absolute atomic E-state index is 11.8. The Hall–Kier alpha value is -3.55. The number of nitrogens with zero attached hydrogens (tertiary/aromatic N) is 1. The van der Waals surface area contributed by atoms with E-state index >= 15 is 0 Å². The zero-order chi connectivity index (χ0) is 18.2. The van der Waals surface area contributed by atoms with Crippen molar-refractivity contribution in [2.24, 2.45) is 5.10 Å².